The third-order valence-electron chi connectivity index (χ3n) is 4.23. The fourth-order valence-corrected chi connectivity index (χ4v) is 2.39. The highest BCUT2D eigenvalue weighted by molar-refractivity contribution is 5.95. The molecule has 0 aromatic heterocycles. The van der Waals surface area contributed by atoms with Crippen molar-refractivity contribution in [1.82, 2.24) is 4.90 Å². The van der Waals surface area contributed by atoms with Crippen molar-refractivity contribution in [3.05, 3.63) is 59.2 Å². The van der Waals surface area contributed by atoms with Gasteiger partial charge in [0.15, 0.2) is 6.61 Å². The van der Waals surface area contributed by atoms with Crippen LogP contribution < -0.4 is 10.1 Å². The van der Waals surface area contributed by atoms with Gasteiger partial charge < -0.3 is 19.7 Å². The van der Waals surface area contributed by atoms with E-state index < -0.39 is 18.5 Å². The number of amides is 2. The van der Waals surface area contributed by atoms with Gasteiger partial charge in [0.2, 0.25) is 5.91 Å². The zero-order chi connectivity index (χ0) is 20.7. The van der Waals surface area contributed by atoms with Crippen molar-refractivity contribution in [2.75, 3.05) is 32.6 Å². The number of ether oxygens (including phenoxy) is 2. The van der Waals surface area contributed by atoms with E-state index in [0.29, 0.717) is 17.0 Å². The Hall–Kier alpha value is -3.35. The van der Waals surface area contributed by atoms with Gasteiger partial charge in [-0.15, -0.1) is 0 Å². The Kier molecular flexibility index (Phi) is 7.14. The lowest BCUT2D eigenvalue weighted by Crippen LogP contribution is -2.37. The first-order chi connectivity index (χ1) is 13.3. The molecule has 2 aromatic rings. The average Bonchev–Trinajstić information content (AvgIpc) is 2.67. The molecule has 7 nitrogen and oxygen atoms in total. The standard InChI is InChI=1S/C21H24N2O5/c1-14-8-9-16(10-15(14)2)21(26)28-13-20(25)23(3)12-19(24)22-17-6-5-7-18(11-17)27-4/h5-11H,12-13H2,1-4H3,(H,22,24). The van der Waals surface area contributed by atoms with Crippen LogP contribution in [0.15, 0.2) is 42.5 Å². The number of likely N-dealkylation sites (N-methyl/N-ethyl adjacent to an activating group) is 1. The predicted octanol–water partition coefficient (Wildman–Crippen LogP) is 2.57. The van der Waals surface area contributed by atoms with Crippen LogP contribution in [0.2, 0.25) is 0 Å². The van der Waals surface area contributed by atoms with Crippen molar-refractivity contribution < 1.29 is 23.9 Å². The molecule has 0 aliphatic heterocycles. The molecule has 0 aliphatic carbocycles. The van der Waals surface area contributed by atoms with E-state index in [4.69, 9.17) is 9.47 Å². The number of benzene rings is 2. The van der Waals surface area contributed by atoms with Crippen LogP contribution >= 0.6 is 0 Å². The van der Waals surface area contributed by atoms with Gasteiger partial charge in [-0.2, -0.15) is 0 Å². The number of aryl methyl sites for hydroxylation is 2. The summed E-state index contributed by atoms with van der Waals surface area (Å²) in [6.07, 6.45) is 0. The second-order valence-electron chi connectivity index (χ2n) is 6.41. The van der Waals surface area contributed by atoms with E-state index in [-0.39, 0.29) is 12.5 Å². The van der Waals surface area contributed by atoms with Crippen LogP contribution in [-0.2, 0) is 14.3 Å². The lowest BCUT2D eigenvalue weighted by atomic mass is 10.1. The van der Waals surface area contributed by atoms with Crippen molar-refractivity contribution in [1.29, 1.82) is 0 Å². The summed E-state index contributed by atoms with van der Waals surface area (Å²) in [5, 5.41) is 2.68. The highest BCUT2D eigenvalue weighted by Crippen LogP contribution is 2.16. The number of nitrogens with one attached hydrogen (secondary N) is 1. The van der Waals surface area contributed by atoms with Crippen molar-refractivity contribution in [3.8, 4) is 5.75 Å². The molecular formula is C21H24N2O5. The first-order valence-electron chi connectivity index (χ1n) is 8.72. The molecule has 7 heteroatoms. The van der Waals surface area contributed by atoms with Crippen molar-refractivity contribution in [3.63, 3.8) is 0 Å². The molecule has 2 aromatic carbocycles. The summed E-state index contributed by atoms with van der Waals surface area (Å²) in [5.74, 6) is -0.811. The lowest BCUT2D eigenvalue weighted by molar-refractivity contribution is -0.136. The summed E-state index contributed by atoms with van der Waals surface area (Å²) in [5.41, 5.74) is 2.97. The van der Waals surface area contributed by atoms with Crippen LogP contribution in [-0.4, -0.2) is 50.0 Å². The summed E-state index contributed by atoms with van der Waals surface area (Å²) in [7, 11) is 3.00. The molecule has 0 bridgehead atoms. The van der Waals surface area contributed by atoms with Crippen molar-refractivity contribution in [2.24, 2.45) is 0 Å². The van der Waals surface area contributed by atoms with E-state index >= 15 is 0 Å². The normalized spacial score (nSPS) is 10.1. The molecule has 28 heavy (non-hydrogen) atoms. The Morgan fingerprint density at radius 3 is 2.46 bits per heavy atom. The fraction of sp³-hybridized carbons (Fsp3) is 0.286. The summed E-state index contributed by atoms with van der Waals surface area (Å²) in [6, 6.07) is 12.1. The number of esters is 1. The lowest BCUT2D eigenvalue weighted by Gasteiger charge is -2.17. The van der Waals surface area contributed by atoms with E-state index in [9.17, 15) is 14.4 Å². The summed E-state index contributed by atoms with van der Waals surface area (Å²) in [4.78, 5) is 37.5. The maximum atomic E-state index is 12.1. The largest absolute Gasteiger partial charge is 0.497 e. The van der Waals surface area contributed by atoms with Gasteiger partial charge in [-0.1, -0.05) is 12.1 Å². The highest BCUT2D eigenvalue weighted by Gasteiger charge is 2.16. The molecule has 148 valence electrons. The fourth-order valence-electron chi connectivity index (χ4n) is 2.39. The molecule has 0 fully saturated rings. The summed E-state index contributed by atoms with van der Waals surface area (Å²) < 4.78 is 10.2. The quantitative estimate of drug-likeness (QED) is 0.742. The molecule has 0 saturated carbocycles. The predicted molar refractivity (Wildman–Crippen MR) is 105 cm³/mol. The van der Waals surface area contributed by atoms with Gasteiger partial charge in [-0.3, -0.25) is 9.59 Å². The third kappa shape index (κ3) is 5.84. The van der Waals surface area contributed by atoms with Crippen LogP contribution in [0.4, 0.5) is 5.69 Å². The molecule has 0 radical (unpaired) electrons. The Morgan fingerprint density at radius 2 is 1.79 bits per heavy atom. The number of carbonyl (C=O) groups is 3. The van der Waals surface area contributed by atoms with Gasteiger partial charge in [-0.05, 0) is 49.2 Å². The number of hydrogen-bond acceptors (Lipinski definition) is 5. The molecule has 0 heterocycles. The van der Waals surface area contributed by atoms with Crippen LogP contribution in [0, 0.1) is 13.8 Å². The molecule has 2 rings (SSSR count). The average molecular weight is 384 g/mol. The van der Waals surface area contributed by atoms with Crippen LogP contribution in [0.1, 0.15) is 21.5 Å². The maximum absolute atomic E-state index is 12.1. The zero-order valence-electron chi connectivity index (χ0n) is 16.4. The Morgan fingerprint density at radius 1 is 1.04 bits per heavy atom. The summed E-state index contributed by atoms with van der Waals surface area (Å²) >= 11 is 0. The van der Waals surface area contributed by atoms with Crippen LogP contribution in [0.25, 0.3) is 0 Å². The van der Waals surface area contributed by atoms with Gasteiger partial charge in [0, 0.05) is 18.8 Å². The minimum atomic E-state index is -0.578. The maximum Gasteiger partial charge on any atom is 0.338 e. The van der Waals surface area contributed by atoms with Gasteiger partial charge in [-0.25, -0.2) is 4.79 Å². The van der Waals surface area contributed by atoms with Gasteiger partial charge in [0.1, 0.15) is 5.75 Å². The number of methoxy groups -OCH3 is 1. The monoisotopic (exact) mass is 384 g/mol. The SMILES string of the molecule is COc1cccc(NC(=O)CN(C)C(=O)COC(=O)c2ccc(C)c(C)c2)c1. The number of hydrogen-bond donors (Lipinski definition) is 1. The van der Waals surface area contributed by atoms with Crippen LogP contribution in [0.3, 0.4) is 0 Å². The Balaban J connectivity index is 1.83. The van der Waals surface area contributed by atoms with Gasteiger partial charge in [0.25, 0.3) is 5.91 Å². The number of carbonyl (C=O) groups excluding carboxylic acids is 3. The molecule has 2 amide bonds. The highest BCUT2D eigenvalue weighted by atomic mass is 16.5. The van der Waals surface area contributed by atoms with E-state index in [2.05, 4.69) is 5.32 Å². The Bertz CT molecular complexity index is 879. The van der Waals surface area contributed by atoms with E-state index in [1.54, 1.807) is 36.4 Å². The van der Waals surface area contributed by atoms with E-state index in [1.807, 2.05) is 19.9 Å². The van der Waals surface area contributed by atoms with E-state index in [1.165, 1.54) is 19.1 Å². The first-order valence-corrected chi connectivity index (χ1v) is 8.72. The van der Waals surface area contributed by atoms with Gasteiger partial charge >= 0.3 is 5.97 Å². The molecule has 0 spiro atoms. The summed E-state index contributed by atoms with van der Waals surface area (Å²) in [6.45, 7) is 3.23. The number of rotatable bonds is 7. The molecule has 0 aliphatic rings. The molecular weight excluding hydrogens is 360 g/mol. The van der Waals surface area contributed by atoms with Crippen molar-refractivity contribution >= 4 is 23.5 Å². The van der Waals surface area contributed by atoms with Crippen molar-refractivity contribution in [2.45, 2.75) is 13.8 Å². The number of nitrogens with zero attached hydrogens (tertiary/aromatic N) is 1. The number of anilines is 1. The molecule has 0 atom stereocenters. The van der Waals surface area contributed by atoms with Crippen LogP contribution in [0.5, 0.6) is 5.75 Å². The van der Waals surface area contributed by atoms with Gasteiger partial charge in [0.05, 0.1) is 19.2 Å². The first kappa shape index (κ1) is 21.0. The second-order valence-corrected chi connectivity index (χ2v) is 6.41. The topological polar surface area (TPSA) is 84.9 Å². The molecule has 0 unspecified atom stereocenters. The molecule has 1 N–H and O–H groups in total. The van der Waals surface area contributed by atoms with E-state index in [0.717, 1.165) is 11.1 Å². The molecule has 0 saturated heterocycles. The third-order valence-corrected chi connectivity index (χ3v) is 4.23. The zero-order valence-corrected chi connectivity index (χ0v) is 16.4. The minimum absolute atomic E-state index is 0.169. The second kappa shape index (κ2) is 9.55. The smallest absolute Gasteiger partial charge is 0.338 e. The Labute approximate surface area is 164 Å². The minimum Gasteiger partial charge on any atom is -0.497 e.